The molecular weight excluding hydrogens is 328 g/mol. The van der Waals surface area contributed by atoms with Gasteiger partial charge in [0, 0.05) is 39.0 Å². The van der Waals surface area contributed by atoms with E-state index < -0.39 is 0 Å². The lowest BCUT2D eigenvalue weighted by atomic mass is 10.0. The SMILES string of the molecule is COc1ccc(CCC(=O)N2CCN(C(=O)CC3C=CCC3)CC2)cc1. The number of nitrogens with zero attached hydrogens (tertiary/aromatic N) is 2. The Hall–Kier alpha value is -2.30. The molecule has 0 saturated carbocycles. The fourth-order valence-electron chi connectivity index (χ4n) is 3.63. The van der Waals surface area contributed by atoms with E-state index in [9.17, 15) is 9.59 Å². The number of methoxy groups -OCH3 is 1. The highest BCUT2D eigenvalue weighted by Gasteiger charge is 2.25. The van der Waals surface area contributed by atoms with Gasteiger partial charge in [-0.15, -0.1) is 0 Å². The fourth-order valence-corrected chi connectivity index (χ4v) is 3.63. The lowest BCUT2D eigenvalue weighted by Gasteiger charge is -2.35. The molecule has 0 bridgehead atoms. The van der Waals surface area contributed by atoms with Gasteiger partial charge in [-0.2, -0.15) is 0 Å². The maximum absolute atomic E-state index is 12.4. The molecule has 5 nitrogen and oxygen atoms in total. The van der Waals surface area contributed by atoms with Gasteiger partial charge in [-0.05, 0) is 42.9 Å². The lowest BCUT2D eigenvalue weighted by molar-refractivity contribution is -0.139. The summed E-state index contributed by atoms with van der Waals surface area (Å²) >= 11 is 0. The molecule has 1 saturated heterocycles. The molecule has 26 heavy (non-hydrogen) atoms. The number of allylic oxidation sites excluding steroid dienone is 2. The van der Waals surface area contributed by atoms with Crippen molar-refractivity contribution < 1.29 is 14.3 Å². The predicted octanol–water partition coefficient (Wildman–Crippen LogP) is 2.65. The zero-order valence-corrected chi connectivity index (χ0v) is 15.5. The molecule has 140 valence electrons. The van der Waals surface area contributed by atoms with Crippen molar-refractivity contribution >= 4 is 11.8 Å². The van der Waals surface area contributed by atoms with E-state index in [1.54, 1.807) is 7.11 Å². The summed E-state index contributed by atoms with van der Waals surface area (Å²) in [5.74, 6) is 1.64. The molecule has 1 atom stereocenters. The van der Waals surface area contributed by atoms with E-state index in [4.69, 9.17) is 4.74 Å². The van der Waals surface area contributed by atoms with E-state index in [0.29, 0.717) is 44.9 Å². The first-order valence-electron chi connectivity index (χ1n) is 9.51. The summed E-state index contributed by atoms with van der Waals surface area (Å²) in [6.45, 7) is 2.61. The Morgan fingerprint density at radius 3 is 2.27 bits per heavy atom. The summed E-state index contributed by atoms with van der Waals surface area (Å²) in [4.78, 5) is 28.6. The van der Waals surface area contributed by atoms with Gasteiger partial charge in [-0.25, -0.2) is 0 Å². The molecule has 0 spiro atoms. The molecule has 0 aromatic heterocycles. The number of benzene rings is 1. The van der Waals surface area contributed by atoms with Crippen molar-refractivity contribution in [3.8, 4) is 5.75 Å². The van der Waals surface area contributed by atoms with Crippen LogP contribution in [0.15, 0.2) is 36.4 Å². The molecule has 0 N–H and O–H groups in total. The standard InChI is InChI=1S/C21H28N2O3/c1-26-19-9-6-17(7-10-19)8-11-20(24)22-12-14-23(15-13-22)21(25)16-18-4-2-3-5-18/h2,4,6-7,9-10,18H,3,5,8,11-16H2,1H3. The molecular formula is C21H28N2O3. The summed E-state index contributed by atoms with van der Waals surface area (Å²) in [6, 6.07) is 7.84. The Labute approximate surface area is 155 Å². The van der Waals surface area contributed by atoms with Crippen LogP contribution in [0.2, 0.25) is 0 Å². The van der Waals surface area contributed by atoms with Gasteiger partial charge >= 0.3 is 0 Å². The number of rotatable bonds is 6. The molecule has 0 radical (unpaired) electrons. The van der Waals surface area contributed by atoms with Crippen LogP contribution in [0.25, 0.3) is 0 Å². The quantitative estimate of drug-likeness (QED) is 0.737. The predicted molar refractivity (Wildman–Crippen MR) is 101 cm³/mol. The number of carbonyl (C=O) groups excluding carboxylic acids is 2. The normalized spacial score (nSPS) is 19.7. The maximum atomic E-state index is 12.4. The molecule has 3 rings (SSSR count). The van der Waals surface area contributed by atoms with Crippen LogP contribution in [-0.2, 0) is 16.0 Å². The van der Waals surface area contributed by atoms with E-state index in [1.807, 2.05) is 34.1 Å². The smallest absolute Gasteiger partial charge is 0.223 e. The molecule has 1 fully saturated rings. The van der Waals surface area contributed by atoms with Gasteiger partial charge in [0.25, 0.3) is 0 Å². The van der Waals surface area contributed by atoms with Crippen molar-refractivity contribution in [1.82, 2.24) is 9.80 Å². The van der Waals surface area contributed by atoms with E-state index in [-0.39, 0.29) is 11.8 Å². The topological polar surface area (TPSA) is 49.9 Å². The van der Waals surface area contributed by atoms with Crippen molar-refractivity contribution in [1.29, 1.82) is 0 Å². The Bertz CT molecular complexity index is 646. The van der Waals surface area contributed by atoms with Gasteiger partial charge in [0.15, 0.2) is 0 Å². The molecule has 1 aliphatic heterocycles. The molecule has 2 aliphatic rings. The maximum Gasteiger partial charge on any atom is 0.223 e. The number of ether oxygens (including phenoxy) is 1. The summed E-state index contributed by atoms with van der Waals surface area (Å²) < 4.78 is 5.15. The second-order valence-corrected chi connectivity index (χ2v) is 7.08. The van der Waals surface area contributed by atoms with Crippen molar-refractivity contribution in [2.45, 2.75) is 32.1 Å². The third-order valence-electron chi connectivity index (χ3n) is 5.32. The highest BCUT2D eigenvalue weighted by molar-refractivity contribution is 5.79. The summed E-state index contributed by atoms with van der Waals surface area (Å²) in [5, 5.41) is 0. The van der Waals surface area contributed by atoms with E-state index >= 15 is 0 Å². The number of amides is 2. The van der Waals surface area contributed by atoms with E-state index in [0.717, 1.165) is 30.6 Å². The minimum Gasteiger partial charge on any atom is -0.497 e. The van der Waals surface area contributed by atoms with Crippen molar-refractivity contribution in [2.24, 2.45) is 5.92 Å². The Kier molecular flexibility index (Phi) is 6.31. The van der Waals surface area contributed by atoms with Gasteiger partial charge in [0.1, 0.15) is 5.75 Å². The molecule has 1 aliphatic carbocycles. The molecule has 1 heterocycles. The van der Waals surface area contributed by atoms with Gasteiger partial charge < -0.3 is 14.5 Å². The van der Waals surface area contributed by atoms with Gasteiger partial charge in [0.2, 0.25) is 11.8 Å². The minimum atomic E-state index is 0.173. The first-order valence-corrected chi connectivity index (χ1v) is 9.51. The number of carbonyl (C=O) groups is 2. The third kappa shape index (κ3) is 4.87. The third-order valence-corrected chi connectivity index (χ3v) is 5.32. The lowest BCUT2D eigenvalue weighted by Crippen LogP contribution is -2.50. The van der Waals surface area contributed by atoms with Crippen molar-refractivity contribution in [3.05, 3.63) is 42.0 Å². The highest BCUT2D eigenvalue weighted by atomic mass is 16.5. The fraction of sp³-hybridized carbons (Fsp3) is 0.524. The van der Waals surface area contributed by atoms with Gasteiger partial charge in [-0.1, -0.05) is 24.3 Å². The van der Waals surface area contributed by atoms with Crippen LogP contribution in [0, 0.1) is 5.92 Å². The second kappa shape index (κ2) is 8.88. The molecule has 1 aromatic rings. The minimum absolute atomic E-state index is 0.173. The van der Waals surface area contributed by atoms with Crippen molar-refractivity contribution in [3.63, 3.8) is 0 Å². The van der Waals surface area contributed by atoms with E-state index in [2.05, 4.69) is 12.2 Å². The summed E-state index contributed by atoms with van der Waals surface area (Å²) in [6.07, 6.45) is 8.36. The van der Waals surface area contributed by atoms with Crippen molar-refractivity contribution in [2.75, 3.05) is 33.3 Å². The van der Waals surface area contributed by atoms with Crippen LogP contribution < -0.4 is 4.74 Å². The van der Waals surface area contributed by atoms with Crippen LogP contribution in [0.3, 0.4) is 0 Å². The van der Waals surface area contributed by atoms with Gasteiger partial charge in [0.05, 0.1) is 7.11 Å². The largest absolute Gasteiger partial charge is 0.497 e. The molecule has 2 amide bonds. The van der Waals surface area contributed by atoms with Crippen LogP contribution in [-0.4, -0.2) is 54.9 Å². The van der Waals surface area contributed by atoms with Crippen LogP contribution in [0.1, 0.15) is 31.2 Å². The first kappa shape index (κ1) is 18.5. The monoisotopic (exact) mass is 356 g/mol. The van der Waals surface area contributed by atoms with Gasteiger partial charge in [-0.3, -0.25) is 9.59 Å². The zero-order chi connectivity index (χ0) is 18.4. The van der Waals surface area contributed by atoms with Crippen LogP contribution in [0.4, 0.5) is 0 Å². The number of aryl methyl sites for hydroxylation is 1. The Balaban J connectivity index is 1.39. The number of hydrogen-bond acceptors (Lipinski definition) is 3. The molecule has 5 heteroatoms. The average molecular weight is 356 g/mol. The number of hydrogen-bond donors (Lipinski definition) is 0. The highest BCUT2D eigenvalue weighted by Crippen LogP contribution is 2.21. The molecule has 1 aromatic carbocycles. The van der Waals surface area contributed by atoms with Crippen LogP contribution >= 0.6 is 0 Å². The zero-order valence-electron chi connectivity index (χ0n) is 15.5. The van der Waals surface area contributed by atoms with Crippen LogP contribution in [0.5, 0.6) is 5.75 Å². The summed E-state index contributed by atoms with van der Waals surface area (Å²) in [5.41, 5.74) is 1.14. The number of piperazine rings is 1. The summed E-state index contributed by atoms with van der Waals surface area (Å²) in [7, 11) is 1.65. The Morgan fingerprint density at radius 2 is 1.69 bits per heavy atom. The van der Waals surface area contributed by atoms with E-state index in [1.165, 1.54) is 0 Å². The Morgan fingerprint density at radius 1 is 1.04 bits per heavy atom. The second-order valence-electron chi connectivity index (χ2n) is 7.08. The first-order chi connectivity index (χ1) is 12.7. The molecule has 1 unspecified atom stereocenters. The average Bonchev–Trinajstić information content (AvgIpc) is 3.19.